The van der Waals surface area contributed by atoms with Gasteiger partial charge in [0.05, 0.1) is 16.7 Å². The van der Waals surface area contributed by atoms with Gasteiger partial charge >= 0.3 is 0 Å². The summed E-state index contributed by atoms with van der Waals surface area (Å²) >= 11 is 0. The summed E-state index contributed by atoms with van der Waals surface area (Å²) in [5.74, 6) is 2.97. The van der Waals surface area contributed by atoms with E-state index in [-0.39, 0.29) is 11.6 Å². The third kappa shape index (κ3) is 6.30. The molecule has 1 aliphatic heterocycles. The van der Waals surface area contributed by atoms with E-state index in [0.717, 1.165) is 63.0 Å². The van der Waals surface area contributed by atoms with E-state index in [2.05, 4.69) is 129 Å². The molecule has 6 aromatic rings. The second kappa shape index (κ2) is 13.0. The van der Waals surface area contributed by atoms with Crippen molar-refractivity contribution < 1.29 is 0 Å². The van der Waals surface area contributed by atoms with Crippen LogP contribution in [0.2, 0.25) is 0 Å². The topological polar surface area (TPSA) is 80.6 Å². The molecular formula is C45H42N6. The minimum absolute atomic E-state index is 0.161. The number of para-hydroxylation sites is 2. The first kappa shape index (κ1) is 32.2. The Hall–Kier alpha value is -6.01. The van der Waals surface area contributed by atoms with Gasteiger partial charge in [-0.15, -0.1) is 0 Å². The average molecular weight is 667 g/mol. The predicted molar refractivity (Wildman–Crippen MR) is 212 cm³/mol. The number of nitrogens with two attached hydrogens (primary N) is 1. The monoisotopic (exact) mass is 666 g/mol. The number of rotatable bonds is 6. The van der Waals surface area contributed by atoms with Gasteiger partial charge in [-0.1, -0.05) is 143 Å². The molecular weight excluding hydrogens is 625 g/mol. The largest absolute Gasteiger partial charge is 0.399 e. The minimum atomic E-state index is -0.351. The number of anilines is 1. The molecule has 1 aromatic heterocycles. The molecule has 2 heterocycles. The highest BCUT2D eigenvalue weighted by atomic mass is 15.2. The Kier molecular flexibility index (Phi) is 8.23. The van der Waals surface area contributed by atoms with Gasteiger partial charge in [0, 0.05) is 27.8 Å². The highest BCUT2D eigenvalue weighted by Crippen LogP contribution is 2.41. The van der Waals surface area contributed by atoms with E-state index in [4.69, 9.17) is 20.7 Å². The minimum Gasteiger partial charge on any atom is -0.399 e. The Labute approximate surface area is 299 Å². The molecule has 0 radical (unpaired) electrons. The van der Waals surface area contributed by atoms with Crippen LogP contribution in [0.15, 0.2) is 150 Å². The number of aliphatic imine (C=N–C) groups is 2. The predicted octanol–water partition coefficient (Wildman–Crippen LogP) is 9.91. The molecule has 0 saturated carbocycles. The molecule has 0 amide bonds. The van der Waals surface area contributed by atoms with E-state index in [1.165, 1.54) is 22.3 Å². The highest BCUT2D eigenvalue weighted by molar-refractivity contribution is 6.15. The van der Waals surface area contributed by atoms with Crippen molar-refractivity contribution in [3.8, 4) is 5.69 Å². The van der Waals surface area contributed by atoms with Crippen LogP contribution in [-0.2, 0) is 5.41 Å². The van der Waals surface area contributed by atoms with Crippen LogP contribution in [-0.4, -0.2) is 21.2 Å². The lowest BCUT2D eigenvalue weighted by Crippen LogP contribution is -2.35. The summed E-state index contributed by atoms with van der Waals surface area (Å²) in [5, 5.41) is 3.48. The van der Waals surface area contributed by atoms with Crippen LogP contribution in [0.4, 0.5) is 5.69 Å². The third-order valence-electron chi connectivity index (χ3n) is 9.74. The number of aromatic nitrogens is 2. The van der Waals surface area contributed by atoms with Crippen molar-refractivity contribution in [3.05, 3.63) is 173 Å². The van der Waals surface area contributed by atoms with Crippen LogP contribution in [0.5, 0.6) is 0 Å². The maximum Gasteiger partial charge on any atom is 0.169 e. The van der Waals surface area contributed by atoms with Gasteiger partial charge in [0.15, 0.2) is 6.17 Å². The maximum absolute atomic E-state index is 6.45. The molecule has 0 spiro atoms. The van der Waals surface area contributed by atoms with Gasteiger partial charge in [0.1, 0.15) is 17.5 Å². The van der Waals surface area contributed by atoms with E-state index >= 15 is 0 Å². The van der Waals surface area contributed by atoms with Gasteiger partial charge in [-0.05, 0) is 58.9 Å². The number of nitrogen functional groups attached to an aromatic ring is 1. The Morgan fingerprint density at radius 1 is 0.706 bits per heavy atom. The lowest BCUT2D eigenvalue weighted by Gasteiger charge is -2.26. The summed E-state index contributed by atoms with van der Waals surface area (Å²) in [6, 6.07) is 43.9. The van der Waals surface area contributed by atoms with Gasteiger partial charge in [-0.3, -0.25) is 4.57 Å². The highest BCUT2D eigenvalue weighted by Gasteiger charge is 2.27. The molecule has 1 unspecified atom stereocenters. The van der Waals surface area contributed by atoms with Gasteiger partial charge < -0.3 is 11.1 Å². The number of hydrogen-bond acceptors (Lipinski definition) is 5. The maximum atomic E-state index is 6.45. The molecule has 252 valence electrons. The van der Waals surface area contributed by atoms with Gasteiger partial charge in [-0.25, -0.2) is 15.0 Å². The molecule has 6 nitrogen and oxygen atoms in total. The molecule has 1 atom stereocenters. The number of benzene rings is 5. The fourth-order valence-corrected chi connectivity index (χ4v) is 7.15. The van der Waals surface area contributed by atoms with Crippen molar-refractivity contribution in [1.29, 1.82) is 0 Å². The molecule has 2 aliphatic rings. The van der Waals surface area contributed by atoms with Gasteiger partial charge in [0.2, 0.25) is 0 Å². The Balaban J connectivity index is 1.13. The molecule has 51 heavy (non-hydrogen) atoms. The molecule has 0 saturated heterocycles. The fourth-order valence-electron chi connectivity index (χ4n) is 7.15. The first-order chi connectivity index (χ1) is 24.7. The van der Waals surface area contributed by atoms with Crippen molar-refractivity contribution >= 4 is 39.5 Å². The number of amidine groups is 2. The fraction of sp³-hybridized carbons (Fsp3) is 0.178. The van der Waals surface area contributed by atoms with Crippen LogP contribution in [0.1, 0.15) is 73.9 Å². The van der Waals surface area contributed by atoms with Gasteiger partial charge in [-0.2, -0.15) is 0 Å². The number of nitrogens with zero attached hydrogens (tertiary/aromatic N) is 4. The quantitative estimate of drug-likeness (QED) is 0.174. The molecule has 5 aromatic carbocycles. The first-order valence-electron chi connectivity index (χ1n) is 17.7. The van der Waals surface area contributed by atoms with Gasteiger partial charge in [0.25, 0.3) is 0 Å². The Morgan fingerprint density at radius 3 is 1.96 bits per heavy atom. The summed E-state index contributed by atoms with van der Waals surface area (Å²) in [4.78, 5) is 15.2. The first-order valence-corrected chi connectivity index (χ1v) is 17.7. The third-order valence-corrected chi connectivity index (χ3v) is 9.74. The molecule has 1 aliphatic carbocycles. The number of imidazole rings is 1. The van der Waals surface area contributed by atoms with E-state index < -0.39 is 0 Å². The van der Waals surface area contributed by atoms with E-state index in [9.17, 15) is 0 Å². The van der Waals surface area contributed by atoms with E-state index in [1.54, 1.807) is 0 Å². The van der Waals surface area contributed by atoms with E-state index in [1.807, 2.05) is 48.5 Å². The number of allylic oxidation sites excluding steroid dienone is 4. The second-order valence-electron chi connectivity index (χ2n) is 14.5. The molecule has 8 rings (SSSR count). The molecule has 6 heteroatoms. The summed E-state index contributed by atoms with van der Waals surface area (Å²) in [5.41, 5.74) is 18.3. The van der Waals surface area contributed by atoms with Crippen molar-refractivity contribution in [2.24, 2.45) is 15.9 Å². The Morgan fingerprint density at radius 2 is 1.33 bits per heavy atom. The smallest absolute Gasteiger partial charge is 0.169 e. The zero-order chi connectivity index (χ0) is 35.1. The van der Waals surface area contributed by atoms with Crippen molar-refractivity contribution in [1.82, 2.24) is 14.9 Å². The summed E-state index contributed by atoms with van der Waals surface area (Å²) in [6.45, 7) is 8.96. The van der Waals surface area contributed by atoms with Crippen LogP contribution in [0.25, 0.3) is 27.9 Å². The second-order valence-corrected chi connectivity index (χ2v) is 14.5. The van der Waals surface area contributed by atoms with Crippen LogP contribution < -0.4 is 11.1 Å². The van der Waals surface area contributed by atoms with Crippen LogP contribution in [0, 0.1) is 5.92 Å². The Bertz CT molecular complexity index is 2300. The summed E-state index contributed by atoms with van der Waals surface area (Å²) in [7, 11) is 0. The van der Waals surface area contributed by atoms with Crippen molar-refractivity contribution in [2.45, 2.75) is 45.7 Å². The van der Waals surface area contributed by atoms with E-state index in [0.29, 0.717) is 5.92 Å². The summed E-state index contributed by atoms with van der Waals surface area (Å²) in [6.07, 6.45) is 5.13. The number of hydrogen-bond donors (Lipinski definition) is 2. The molecule has 0 fully saturated rings. The van der Waals surface area contributed by atoms with Crippen LogP contribution in [0.3, 0.4) is 0 Å². The normalized spacial score (nSPS) is 16.6. The number of nitrogens with one attached hydrogen (secondary N) is 1. The number of fused-ring (bicyclic) bond motifs is 1. The van der Waals surface area contributed by atoms with Crippen LogP contribution >= 0.6 is 0 Å². The lowest BCUT2D eigenvalue weighted by atomic mass is 9.82. The molecule has 3 N–H and O–H groups in total. The zero-order valence-corrected chi connectivity index (χ0v) is 29.5. The van der Waals surface area contributed by atoms with Crippen molar-refractivity contribution in [3.63, 3.8) is 0 Å². The lowest BCUT2D eigenvalue weighted by molar-refractivity contribution is 0.539. The standard InChI is InChI=1S/C45H42N6/c1-29-27-34(37-26-24-35(46)28-40(37)51-39-18-12-11-17-38(39)47-44(51)45(2,3)4)23-25-36(29)30-19-21-33(22-20-30)43-49-41(31-13-7-5-8-14-31)48-42(50-43)32-15-9-6-10-16-32/h5-26,28-29,43H,27,46H2,1-4H3,(H,48,49,50). The average Bonchev–Trinajstić information content (AvgIpc) is 3.56. The van der Waals surface area contributed by atoms with Crippen molar-refractivity contribution in [2.75, 3.05) is 5.73 Å². The molecule has 0 bridgehead atoms. The summed E-state index contributed by atoms with van der Waals surface area (Å²) < 4.78 is 2.31. The zero-order valence-electron chi connectivity index (χ0n) is 29.5. The SMILES string of the molecule is CC1CC(c2ccc(N)cc2-n2c(C(C)(C)C)nc3ccccc32)=CC=C1c1ccc(C2N=C(c3ccccc3)NC(c3ccccc3)=N2)cc1.